The lowest BCUT2D eigenvalue weighted by Gasteiger charge is -2.29. The summed E-state index contributed by atoms with van der Waals surface area (Å²) < 4.78 is 7.27. The third-order valence-electron chi connectivity index (χ3n) is 7.71. The number of methoxy groups -OCH3 is 1. The van der Waals surface area contributed by atoms with E-state index in [0.717, 1.165) is 56.0 Å². The lowest BCUT2D eigenvalue weighted by molar-refractivity contribution is 0.0904. The number of ether oxygens (including phenoxy) is 1. The number of nitrogens with zero attached hydrogens (tertiary/aromatic N) is 5. The van der Waals surface area contributed by atoms with Crippen molar-refractivity contribution in [3.63, 3.8) is 0 Å². The molecule has 2 aliphatic rings. The van der Waals surface area contributed by atoms with Crippen LogP contribution in [-0.4, -0.2) is 77.1 Å². The maximum Gasteiger partial charge on any atom is 0.289 e. The SMILES string of the molecule is COc1cc(O)c(-c2nnc(C(=O)NC3CCN(C)CC3)n2-c2ccc(N3CCCC3)cc2)cc1C(C)C. The number of likely N-dealkylation sites (tertiary alicyclic amines) is 1. The summed E-state index contributed by atoms with van der Waals surface area (Å²) in [5, 5.41) is 23.0. The summed E-state index contributed by atoms with van der Waals surface area (Å²) in [5.41, 5.74) is 3.37. The molecule has 0 saturated carbocycles. The molecular formula is C29H38N6O3. The first kappa shape index (κ1) is 26.0. The number of anilines is 1. The Hall–Kier alpha value is -3.59. The summed E-state index contributed by atoms with van der Waals surface area (Å²) >= 11 is 0. The molecule has 0 spiro atoms. The number of aromatic nitrogens is 3. The Morgan fingerprint density at radius 1 is 1.03 bits per heavy atom. The first-order valence-corrected chi connectivity index (χ1v) is 13.6. The van der Waals surface area contributed by atoms with Gasteiger partial charge in [0.05, 0.1) is 12.7 Å². The van der Waals surface area contributed by atoms with Gasteiger partial charge in [-0.25, -0.2) is 0 Å². The van der Waals surface area contributed by atoms with Gasteiger partial charge in [-0.1, -0.05) is 13.8 Å². The number of phenols is 1. The Labute approximate surface area is 224 Å². The van der Waals surface area contributed by atoms with Gasteiger partial charge < -0.3 is 25.0 Å². The van der Waals surface area contributed by atoms with Crippen molar-refractivity contribution >= 4 is 11.6 Å². The van der Waals surface area contributed by atoms with Crippen molar-refractivity contribution in [2.24, 2.45) is 0 Å². The number of hydrogen-bond donors (Lipinski definition) is 2. The zero-order valence-corrected chi connectivity index (χ0v) is 22.8. The second kappa shape index (κ2) is 11.0. The number of rotatable bonds is 7. The van der Waals surface area contributed by atoms with E-state index < -0.39 is 0 Å². The van der Waals surface area contributed by atoms with Crippen LogP contribution in [0.15, 0.2) is 36.4 Å². The van der Waals surface area contributed by atoms with Gasteiger partial charge in [0.2, 0.25) is 5.82 Å². The smallest absolute Gasteiger partial charge is 0.289 e. The molecule has 2 saturated heterocycles. The molecule has 38 heavy (non-hydrogen) atoms. The van der Waals surface area contributed by atoms with Gasteiger partial charge in [0.15, 0.2) is 5.82 Å². The number of piperidine rings is 1. The van der Waals surface area contributed by atoms with Crippen LogP contribution in [0.2, 0.25) is 0 Å². The normalized spacial score (nSPS) is 16.8. The molecule has 2 aromatic carbocycles. The minimum Gasteiger partial charge on any atom is -0.507 e. The van der Waals surface area contributed by atoms with Crippen LogP contribution >= 0.6 is 0 Å². The van der Waals surface area contributed by atoms with Crippen LogP contribution in [0, 0.1) is 0 Å². The maximum atomic E-state index is 13.5. The molecule has 1 aromatic heterocycles. The highest BCUT2D eigenvalue weighted by atomic mass is 16.5. The van der Waals surface area contributed by atoms with E-state index in [-0.39, 0.29) is 29.4 Å². The molecule has 0 radical (unpaired) electrons. The predicted octanol–water partition coefficient (Wildman–Crippen LogP) is 4.20. The molecule has 9 heteroatoms. The number of nitrogens with one attached hydrogen (secondary N) is 1. The lowest BCUT2D eigenvalue weighted by atomic mass is 9.98. The Morgan fingerprint density at radius 2 is 1.68 bits per heavy atom. The average Bonchev–Trinajstić information content (AvgIpc) is 3.60. The van der Waals surface area contributed by atoms with Gasteiger partial charge >= 0.3 is 0 Å². The largest absolute Gasteiger partial charge is 0.507 e. The predicted molar refractivity (Wildman–Crippen MR) is 149 cm³/mol. The van der Waals surface area contributed by atoms with Crippen molar-refractivity contribution < 1.29 is 14.6 Å². The van der Waals surface area contributed by atoms with E-state index in [1.54, 1.807) is 17.7 Å². The van der Waals surface area contributed by atoms with E-state index in [2.05, 4.69) is 58.3 Å². The van der Waals surface area contributed by atoms with Gasteiger partial charge in [0.25, 0.3) is 5.91 Å². The van der Waals surface area contributed by atoms with Crippen molar-refractivity contribution in [1.82, 2.24) is 25.0 Å². The van der Waals surface area contributed by atoms with E-state index in [0.29, 0.717) is 17.1 Å². The topological polar surface area (TPSA) is 95.7 Å². The summed E-state index contributed by atoms with van der Waals surface area (Å²) in [6.45, 7) is 8.14. The highest BCUT2D eigenvalue weighted by molar-refractivity contribution is 5.92. The standard InChI is InChI=1S/C29H38N6O3/c1-19(2)23-17-24(25(36)18-26(23)38-4)27-31-32-28(29(37)30-20-11-15-33(3)16-12-20)35(27)22-9-7-21(8-10-22)34-13-5-6-14-34/h7-10,17-20,36H,5-6,11-16H2,1-4H3,(H,30,37). The Bertz CT molecular complexity index is 1270. The Balaban J connectivity index is 1.57. The van der Waals surface area contributed by atoms with Gasteiger partial charge in [-0.05, 0) is 87.6 Å². The summed E-state index contributed by atoms with van der Waals surface area (Å²) in [6, 6.07) is 11.7. The number of carbonyl (C=O) groups is 1. The van der Waals surface area contributed by atoms with Crippen molar-refractivity contribution in [1.29, 1.82) is 0 Å². The monoisotopic (exact) mass is 518 g/mol. The van der Waals surface area contributed by atoms with Gasteiger partial charge in [-0.2, -0.15) is 0 Å². The second-order valence-corrected chi connectivity index (χ2v) is 10.7. The van der Waals surface area contributed by atoms with Crippen LogP contribution in [0.25, 0.3) is 17.1 Å². The van der Waals surface area contributed by atoms with Crippen molar-refractivity contribution in [2.45, 2.75) is 51.5 Å². The fraction of sp³-hybridized carbons (Fsp3) is 0.483. The minimum atomic E-state index is -0.265. The molecule has 0 atom stereocenters. The van der Waals surface area contributed by atoms with Gasteiger partial charge in [-0.15, -0.1) is 10.2 Å². The summed E-state index contributed by atoms with van der Waals surface area (Å²) in [4.78, 5) is 18.2. The molecule has 1 amide bonds. The van der Waals surface area contributed by atoms with Crippen molar-refractivity contribution in [3.8, 4) is 28.6 Å². The Morgan fingerprint density at radius 3 is 2.32 bits per heavy atom. The quantitative estimate of drug-likeness (QED) is 0.484. The zero-order valence-electron chi connectivity index (χ0n) is 22.8. The van der Waals surface area contributed by atoms with Crippen LogP contribution in [0.5, 0.6) is 11.5 Å². The molecule has 3 heterocycles. The molecule has 0 aliphatic carbocycles. The van der Waals surface area contributed by atoms with Gasteiger partial charge in [0.1, 0.15) is 11.5 Å². The molecule has 9 nitrogen and oxygen atoms in total. The average molecular weight is 519 g/mol. The third-order valence-corrected chi connectivity index (χ3v) is 7.71. The number of carbonyl (C=O) groups excluding carboxylic acids is 1. The van der Waals surface area contributed by atoms with Crippen LogP contribution < -0.4 is 15.0 Å². The molecule has 2 N–H and O–H groups in total. The van der Waals surface area contributed by atoms with E-state index in [9.17, 15) is 9.90 Å². The van der Waals surface area contributed by atoms with Gasteiger partial charge in [0, 0.05) is 36.6 Å². The number of hydrogen-bond acceptors (Lipinski definition) is 7. The number of phenolic OH excluding ortho intramolecular Hbond substituents is 1. The summed E-state index contributed by atoms with van der Waals surface area (Å²) in [6.07, 6.45) is 4.19. The Kier molecular flexibility index (Phi) is 7.56. The first-order valence-electron chi connectivity index (χ1n) is 13.6. The van der Waals surface area contributed by atoms with Crippen LogP contribution in [0.3, 0.4) is 0 Å². The molecule has 5 rings (SSSR count). The fourth-order valence-corrected chi connectivity index (χ4v) is 5.43. The van der Waals surface area contributed by atoms with E-state index in [1.807, 2.05) is 18.2 Å². The minimum absolute atomic E-state index is 0.0239. The molecule has 0 unspecified atom stereocenters. The molecular weight excluding hydrogens is 480 g/mol. The first-order chi connectivity index (χ1) is 18.4. The summed E-state index contributed by atoms with van der Waals surface area (Å²) in [5.74, 6) is 1.15. The van der Waals surface area contributed by atoms with Gasteiger partial charge in [-0.3, -0.25) is 9.36 Å². The fourth-order valence-electron chi connectivity index (χ4n) is 5.43. The van der Waals surface area contributed by atoms with Crippen LogP contribution in [0.1, 0.15) is 61.6 Å². The molecule has 3 aromatic rings. The third kappa shape index (κ3) is 5.20. The second-order valence-electron chi connectivity index (χ2n) is 10.7. The zero-order chi connectivity index (χ0) is 26.8. The van der Waals surface area contributed by atoms with E-state index in [4.69, 9.17) is 4.74 Å². The highest BCUT2D eigenvalue weighted by Gasteiger charge is 2.27. The van der Waals surface area contributed by atoms with Crippen LogP contribution in [0.4, 0.5) is 5.69 Å². The van der Waals surface area contributed by atoms with Crippen molar-refractivity contribution in [3.05, 3.63) is 47.8 Å². The molecule has 202 valence electrons. The maximum absolute atomic E-state index is 13.5. The number of benzene rings is 2. The lowest BCUT2D eigenvalue weighted by Crippen LogP contribution is -2.44. The van der Waals surface area contributed by atoms with Crippen molar-refractivity contribution in [2.75, 3.05) is 45.2 Å². The van der Waals surface area contributed by atoms with E-state index in [1.165, 1.54) is 12.8 Å². The van der Waals surface area contributed by atoms with Crippen LogP contribution in [-0.2, 0) is 0 Å². The highest BCUT2D eigenvalue weighted by Crippen LogP contribution is 2.39. The molecule has 2 aliphatic heterocycles. The van der Waals surface area contributed by atoms with E-state index >= 15 is 0 Å². The molecule has 0 bridgehead atoms. The summed E-state index contributed by atoms with van der Waals surface area (Å²) in [7, 11) is 3.69. The number of amides is 1. The number of aromatic hydroxyl groups is 1. The molecule has 2 fully saturated rings.